The van der Waals surface area contributed by atoms with Gasteiger partial charge in [0.15, 0.2) is 0 Å². The van der Waals surface area contributed by atoms with Crippen LogP contribution >= 0.6 is 22.6 Å². The minimum Gasteiger partial charge on any atom is -0.365 e. The minimum atomic E-state index is -0.266. The number of ether oxygens (including phenoxy) is 1. The maximum absolute atomic E-state index is 6.75. The average Bonchev–Trinajstić information content (AvgIpc) is 2.00. The Hall–Kier alpha value is 0.100. The zero-order valence-electron chi connectivity index (χ0n) is 6.06. The van der Waals surface area contributed by atoms with Crippen LogP contribution in [-0.4, -0.2) is 22.9 Å². The number of hydrogen-bond acceptors (Lipinski definition) is 2. The Morgan fingerprint density at radius 3 is 2.70 bits per heavy atom. The normalized spacial score (nSPS) is 15.8. The van der Waals surface area contributed by atoms with Crippen LogP contribution in [0, 0.1) is 5.41 Å². The van der Waals surface area contributed by atoms with Crippen molar-refractivity contribution in [2.75, 3.05) is 11.0 Å². The molecule has 0 rings (SSSR count). The van der Waals surface area contributed by atoms with E-state index in [0.717, 1.165) is 4.43 Å². The molecule has 1 unspecified atom stereocenters. The third-order valence-electron chi connectivity index (χ3n) is 1.19. The summed E-state index contributed by atoms with van der Waals surface area (Å²) >= 11 is 2.23. The molecule has 0 aromatic rings. The molecule has 0 amide bonds. The summed E-state index contributed by atoms with van der Waals surface area (Å²) < 4.78 is 6.17. The van der Waals surface area contributed by atoms with Gasteiger partial charge in [0.1, 0.15) is 0 Å². The molecule has 0 aromatic heterocycles. The van der Waals surface area contributed by atoms with E-state index < -0.39 is 0 Å². The number of hydrogen-bond donors (Lipinski definition) is 1. The summed E-state index contributed by atoms with van der Waals surface area (Å²) in [7, 11) is 0. The fourth-order valence-electron chi connectivity index (χ4n) is 0.384. The van der Waals surface area contributed by atoms with E-state index in [1.54, 1.807) is 6.08 Å². The first-order chi connectivity index (χ1) is 4.68. The predicted molar refractivity (Wildman–Crippen MR) is 52.2 cm³/mol. The van der Waals surface area contributed by atoms with Gasteiger partial charge in [-0.3, -0.25) is 0 Å². The summed E-state index contributed by atoms with van der Waals surface area (Å²) in [6.45, 7) is 5.97. The highest BCUT2D eigenvalue weighted by atomic mass is 127. The first-order valence-corrected chi connectivity index (χ1v) is 4.53. The van der Waals surface area contributed by atoms with Crippen molar-refractivity contribution in [3.63, 3.8) is 0 Å². The van der Waals surface area contributed by atoms with E-state index in [-0.39, 0.29) is 5.60 Å². The van der Waals surface area contributed by atoms with Crippen LogP contribution in [0.4, 0.5) is 0 Å². The van der Waals surface area contributed by atoms with Crippen molar-refractivity contribution in [1.29, 1.82) is 5.41 Å². The molecule has 0 fully saturated rings. The summed E-state index contributed by atoms with van der Waals surface area (Å²) in [5.41, 5.74) is -0.266. The Bertz CT molecular complexity index is 127. The van der Waals surface area contributed by atoms with Crippen LogP contribution in [0.5, 0.6) is 0 Å². The first kappa shape index (κ1) is 10.1. The summed E-state index contributed by atoms with van der Waals surface area (Å²) in [6.07, 6.45) is 3.01. The standard InChI is InChI=1S/C7H12INO/c1-3-7(2,6-8)10-5-4-9/h3-4,9H,1,5-6H2,2H3. The van der Waals surface area contributed by atoms with E-state index in [0.29, 0.717) is 6.61 Å². The summed E-state index contributed by atoms with van der Waals surface area (Å²) in [5.74, 6) is 0. The van der Waals surface area contributed by atoms with Gasteiger partial charge in [0.2, 0.25) is 0 Å². The molecule has 0 spiro atoms. The molecule has 0 aliphatic heterocycles. The average molecular weight is 253 g/mol. The van der Waals surface area contributed by atoms with E-state index in [1.807, 2.05) is 6.92 Å². The van der Waals surface area contributed by atoms with E-state index in [9.17, 15) is 0 Å². The highest BCUT2D eigenvalue weighted by Crippen LogP contribution is 2.14. The third kappa shape index (κ3) is 3.31. The van der Waals surface area contributed by atoms with Crippen molar-refractivity contribution in [3.05, 3.63) is 12.7 Å². The van der Waals surface area contributed by atoms with Crippen molar-refractivity contribution in [3.8, 4) is 0 Å². The molecule has 1 N–H and O–H groups in total. The Balaban J connectivity index is 3.79. The molecule has 0 saturated carbocycles. The van der Waals surface area contributed by atoms with Crippen LogP contribution < -0.4 is 0 Å². The SMILES string of the molecule is C=CC(C)(CI)OCC=N. The molecule has 0 heterocycles. The molecule has 0 radical (unpaired) electrons. The minimum absolute atomic E-state index is 0.266. The molecule has 10 heavy (non-hydrogen) atoms. The van der Waals surface area contributed by atoms with Crippen molar-refractivity contribution >= 4 is 28.8 Å². The van der Waals surface area contributed by atoms with Crippen LogP contribution in [0.1, 0.15) is 6.92 Å². The second-order valence-corrected chi connectivity index (χ2v) is 2.93. The van der Waals surface area contributed by atoms with E-state index in [1.165, 1.54) is 6.21 Å². The highest BCUT2D eigenvalue weighted by Gasteiger charge is 2.17. The van der Waals surface area contributed by atoms with E-state index >= 15 is 0 Å². The molecule has 0 aliphatic carbocycles. The van der Waals surface area contributed by atoms with Crippen LogP contribution in [0.15, 0.2) is 12.7 Å². The third-order valence-corrected chi connectivity index (χ3v) is 2.71. The lowest BCUT2D eigenvalue weighted by molar-refractivity contribution is 0.0539. The molecule has 0 saturated heterocycles. The number of rotatable bonds is 5. The molecular weight excluding hydrogens is 241 g/mol. The van der Waals surface area contributed by atoms with Crippen molar-refractivity contribution in [2.45, 2.75) is 12.5 Å². The maximum atomic E-state index is 6.75. The lowest BCUT2D eigenvalue weighted by atomic mass is 10.1. The van der Waals surface area contributed by atoms with Gasteiger partial charge in [-0.15, -0.1) is 6.58 Å². The maximum Gasteiger partial charge on any atom is 0.0925 e. The van der Waals surface area contributed by atoms with Gasteiger partial charge in [-0.2, -0.15) is 0 Å². The molecule has 0 aromatic carbocycles. The van der Waals surface area contributed by atoms with Crippen molar-refractivity contribution in [2.24, 2.45) is 0 Å². The largest absolute Gasteiger partial charge is 0.365 e. The molecule has 1 atom stereocenters. The van der Waals surface area contributed by atoms with Crippen LogP contribution in [-0.2, 0) is 4.74 Å². The van der Waals surface area contributed by atoms with Crippen molar-refractivity contribution in [1.82, 2.24) is 0 Å². The van der Waals surface area contributed by atoms with Gasteiger partial charge in [-0.1, -0.05) is 28.7 Å². The first-order valence-electron chi connectivity index (χ1n) is 3.01. The van der Waals surface area contributed by atoms with Gasteiger partial charge < -0.3 is 10.1 Å². The zero-order valence-corrected chi connectivity index (χ0v) is 8.22. The molecule has 0 aliphatic rings. The number of alkyl halides is 1. The van der Waals surface area contributed by atoms with Crippen LogP contribution in [0.3, 0.4) is 0 Å². The lowest BCUT2D eigenvalue weighted by Gasteiger charge is -2.22. The fraction of sp³-hybridized carbons (Fsp3) is 0.571. The van der Waals surface area contributed by atoms with Gasteiger partial charge in [-0.25, -0.2) is 0 Å². The molecule has 0 bridgehead atoms. The van der Waals surface area contributed by atoms with Crippen molar-refractivity contribution < 1.29 is 4.74 Å². The molecular formula is C7H12INO. The zero-order chi connectivity index (χ0) is 8.04. The predicted octanol–water partition coefficient (Wildman–Crippen LogP) is 2.03. The second kappa shape index (κ2) is 4.85. The Labute approximate surface area is 75.3 Å². The van der Waals surface area contributed by atoms with E-state index in [4.69, 9.17) is 10.1 Å². The molecule has 3 heteroatoms. The van der Waals surface area contributed by atoms with Crippen LogP contribution in [0.2, 0.25) is 0 Å². The van der Waals surface area contributed by atoms with E-state index in [2.05, 4.69) is 29.2 Å². The molecule has 2 nitrogen and oxygen atoms in total. The number of nitrogens with one attached hydrogen (secondary N) is 1. The topological polar surface area (TPSA) is 33.1 Å². The van der Waals surface area contributed by atoms with Gasteiger partial charge in [-0.05, 0) is 6.92 Å². The number of halogens is 1. The van der Waals surface area contributed by atoms with Crippen LogP contribution in [0.25, 0.3) is 0 Å². The van der Waals surface area contributed by atoms with Gasteiger partial charge >= 0.3 is 0 Å². The summed E-state index contributed by atoms with van der Waals surface area (Å²) in [5, 5.41) is 6.75. The highest BCUT2D eigenvalue weighted by molar-refractivity contribution is 14.1. The monoisotopic (exact) mass is 253 g/mol. The molecule has 58 valence electrons. The Morgan fingerprint density at radius 1 is 1.80 bits per heavy atom. The quantitative estimate of drug-likeness (QED) is 0.346. The smallest absolute Gasteiger partial charge is 0.0925 e. The Morgan fingerprint density at radius 2 is 2.40 bits per heavy atom. The van der Waals surface area contributed by atoms with Gasteiger partial charge in [0, 0.05) is 10.6 Å². The second-order valence-electron chi connectivity index (χ2n) is 2.17. The van der Waals surface area contributed by atoms with Gasteiger partial charge in [0.25, 0.3) is 0 Å². The Kier molecular flexibility index (Phi) is 4.89. The fourth-order valence-corrected chi connectivity index (χ4v) is 0.916. The lowest BCUT2D eigenvalue weighted by Crippen LogP contribution is -2.28. The summed E-state index contributed by atoms with van der Waals surface area (Å²) in [4.78, 5) is 0. The summed E-state index contributed by atoms with van der Waals surface area (Å²) in [6, 6.07) is 0. The van der Waals surface area contributed by atoms with Gasteiger partial charge in [0.05, 0.1) is 12.2 Å².